The second-order valence-electron chi connectivity index (χ2n) is 5.97. The van der Waals surface area contributed by atoms with Gasteiger partial charge in [0.05, 0.1) is 0 Å². The first-order chi connectivity index (χ1) is 12.2. The smallest absolute Gasteiger partial charge is 0.336 e. The highest BCUT2D eigenvalue weighted by molar-refractivity contribution is 5.97. The van der Waals surface area contributed by atoms with Crippen molar-refractivity contribution in [3.05, 3.63) is 76.1 Å². The van der Waals surface area contributed by atoms with Gasteiger partial charge < -0.3 is 9.15 Å². The Bertz CT molecular complexity index is 923. The summed E-state index contributed by atoms with van der Waals surface area (Å²) in [6.45, 7) is 2.10. The summed E-state index contributed by atoms with van der Waals surface area (Å²) in [6, 6.07) is 15.9. The molecule has 3 rings (SSSR count). The predicted molar refractivity (Wildman–Crippen MR) is 97.4 cm³/mol. The number of benzene rings is 2. The normalized spacial score (nSPS) is 10.8. The van der Waals surface area contributed by atoms with Gasteiger partial charge in [-0.15, -0.1) is 0 Å². The van der Waals surface area contributed by atoms with Crippen molar-refractivity contribution in [3.63, 3.8) is 0 Å². The minimum Gasteiger partial charge on any atom is -0.485 e. The van der Waals surface area contributed by atoms with E-state index in [1.54, 1.807) is 24.3 Å². The van der Waals surface area contributed by atoms with Crippen molar-refractivity contribution < 1.29 is 13.9 Å². The van der Waals surface area contributed by atoms with Crippen LogP contribution in [0.5, 0.6) is 5.75 Å². The zero-order chi connectivity index (χ0) is 17.6. The third-order valence-corrected chi connectivity index (χ3v) is 4.06. The molecule has 4 heteroatoms. The molecule has 0 aliphatic carbocycles. The summed E-state index contributed by atoms with van der Waals surface area (Å²) >= 11 is 0. The molecule has 0 aliphatic rings. The number of carbonyl (C=O) groups excluding carboxylic acids is 1. The van der Waals surface area contributed by atoms with E-state index in [2.05, 4.69) is 6.92 Å². The molecule has 0 saturated carbocycles. The molecular formula is C21H20O4. The van der Waals surface area contributed by atoms with Crippen molar-refractivity contribution in [1.82, 2.24) is 0 Å². The van der Waals surface area contributed by atoms with Crippen LogP contribution < -0.4 is 10.4 Å². The summed E-state index contributed by atoms with van der Waals surface area (Å²) in [6.07, 6.45) is 3.33. The maximum Gasteiger partial charge on any atom is 0.336 e. The maximum atomic E-state index is 12.3. The molecule has 25 heavy (non-hydrogen) atoms. The van der Waals surface area contributed by atoms with Crippen LogP contribution in [0, 0.1) is 0 Å². The Hall–Kier alpha value is -2.88. The van der Waals surface area contributed by atoms with Gasteiger partial charge in [0.1, 0.15) is 11.3 Å². The third kappa shape index (κ3) is 4.35. The average Bonchev–Trinajstić information content (AvgIpc) is 2.64. The van der Waals surface area contributed by atoms with Crippen LogP contribution in [0.2, 0.25) is 0 Å². The number of ketones is 1. The van der Waals surface area contributed by atoms with Crippen molar-refractivity contribution in [3.8, 4) is 5.75 Å². The van der Waals surface area contributed by atoms with E-state index in [4.69, 9.17) is 9.15 Å². The molecule has 0 radical (unpaired) electrons. The highest BCUT2D eigenvalue weighted by Gasteiger charge is 2.08. The van der Waals surface area contributed by atoms with Gasteiger partial charge in [-0.3, -0.25) is 4.79 Å². The summed E-state index contributed by atoms with van der Waals surface area (Å²) in [4.78, 5) is 23.5. The molecule has 2 aromatic carbocycles. The number of rotatable bonds is 7. The number of fused-ring (bicyclic) bond motifs is 1. The fourth-order valence-electron chi connectivity index (χ4n) is 2.60. The highest BCUT2D eigenvalue weighted by atomic mass is 16.5. The largest absolute Gasteiger partial charge is 0.485 e. The maximum absolute atomic E-state index is 12.3. The number of hydrogen-bond acceptors (Lipinski definition) is 4. The van der Waals surface area contributed by atoms with Crippen molar-refractivity contribution in [1.29, 1.82) is 0 Å². The van der Waals surface area contributed by atoms with E-state index in [9.17, 15) is 9.59 Å². The van der Waals surface area contributed by atoms with Gasteiger partial charge in [0, 0.05) is 23.1 Å². The van der Waals surface area contributed by atoms with Gasteiger partial charge in [-0.1, -0.05) is 37.6 Å². The van der Waals surface area contributed by atoms with Gasteiger partial charge in [0.15, 0.2) is 12.4 Å². The van der Waals surface area contributed by atoms with Crippen molar-refractivity contribution in [2.45, 2.75) is 26.2 Å². The molecule has 0 spiro atoms. The standard InChI is InChI=1S/C21H20O4/c1-2-3-4-15-5-7-16(8-6-15)19(22)14-24-18-11-9-17-10-12-21(23)25-20(17)13-18/h5-13H,2-4,14H2,1H3. The number of carbonyl (C=O) groups is 1. The summed E-state index contributed by atoms with van der Waals surface area (Å²) < 4.78 is 10.7. The zero-order valence-electron chi connectivity index (χ0n) is 14.2. The Morgan fingerprint density at radius 1 is 1.04 bits per heavy atom. The van der Waals surface area contributed by atoms with Crippen LogP contribution in [0.25, 0.3) is 11.0 Å². The minimum absolute atomic E-state index is 0.0587. The Morgan fingerprint density at radius 2 is 1.80 bits per heavy atom. The number of ether oxygens (including phenoxy) is 1. The minimum atomic E-state index is -0.413. The first kappa shape index (κ1) is 17.0. The number of unbranched alkanes of at least 4 members (excludes halogenated alkanes) is 1. The topological polar surface area (TPSA) is 56.5 Å². The fourth-order valence-corrected chi connectivity index (χ4v) is 2.60. The Balaban J connectivity index is 1.64. The van der Waals surface area contributed by atoms with E-state index in [-0.39, 0.29) is 12.4 Å². The highest BCUT2D eigenvalue weighted by Crippen LogP contribution is 2.19. The van der Waals surface area contributed by atoms with Crippen LogP contribution in [0.15, 0.2) is 63.8 Å². The molecule has 1 aromatic heterocycles. The van der Waals surface area contributed by atoms with Crippen LogP contribution in [-0.4, -0.2) is 12.4 Å². The van der Waals surface area contributed by atoms with Crippen LogP contribution in [-0.2, 0) is 6.42 Å². The molecule has 0 unspecified atom stereocenters. The first-order valence-electron chi connectivity index (χ1n) is 8.44. The summed E-state index contributed by atoms with van der Waals surface area (Å²) in [7, 11) is 0. The summed E-state index contributed by atoms with van der Waals surface area (Å²) in [5.41, 5.74) is 1.90. The van der Waals surface area contributed by atoms with E-state index in [0.717, 1.165) is 24.6 Å². The second-order valence-corrected chi connectivity index (χ2v) is 5.97. The van der Waals surface area contributed by atoms with Crippen LogP contribution in [0.1, 0.15) is 35.7 Å². The summed E-state index contributed by atoms with van der Waals surface area (Å²) in [5.74, 6) is 0.409. The van der Waals surface area contributed by atoms with Gasteiger partial charge in [0.25, 0.3) is 0 Å². The summed E-state index contributed by atoms with van der Waals surface area (Å²) in [5, 5.41) is 0.806. The van der Waals surface area contributed by atoms with Crippen LogP contribution in [0.4, 0.5) is 0 Å². The van der Waals surface area contributed by atoms with Gasteiger partial charge in [0.2, 0.25) is 0 Å². The van der Waals surface area contributed by atoms with Gasteiger partial charge in [-0.05, 0) is 36.6 Å². The SMILES string of the molecule is CCCCc1ccc(C(=O)COc2ccc3ccc(=O)oc3c2)cc1. The monoisotopic (exact) mass is 336 g/mol. The molecule has 4 nitrogen and oxygen atoms in total. The first-order valence-corrected chi connectivity index (χ1v) is 8.44. The number of hydrogen-bond donors (Lipinski definition) is 0. The molecule has 0 bridgehead atoms. The van der Waals surface area contributed by atoms with Gasteiger partial charge in [-0.2, -0.15) is 0 Å². The van der Waals surface area contributed by atoms with E-state index < -0.39 is 5.63 Å². The van der Waals surface area contributed by atoms with Gasteiger partial charge in [-0.25, -0.2) is 4.79 Å². The van der Waals surface area contributed by atoms with Crippen molar-refractivity contribution >= 4 is 16.8 Å². The molecule has 0 saturated heterocycles. The van der Waals surface area contributed by atoms with Crippen molar-refractivity contribution in [2.75, 3.05) is 6.61 Å². The molecule has 0 aliphatic heterocycles. The lowest BCUT2D eigenvalue weighted by Crippen LogP contribution is -2.11. The van der Waals surface area contributed by atoms with E-state index in [1.807, 2.05) is 24.3 Å². The third-order valence-electron chi connectivity index (χ3n) is 4.06. The molecule has 128 valence electrons. The molecule has 0 fully saturated rings. The molecule has 1 heterocycles. The second kappa shape index (κ2) is 7.79. The molecular weight excluding hydrogens is 316 g/mol. The van der Waals surface area contributed by atoms with Crippen LogP contribution >= 0.6 is 0 Å². The molecule has 0 N–H and O–H groups in total. The van der Waals surface area contributed by atoms with Crippen LogP contribution in [0.3, 0.4) is 0 Å². The van der Waals surface area contributed by atoms with E-state index >= 15 is 0 Å². The van der Waals surface area contributed by atoms with Gasteiger partial charge >= 0.3 is 5.63 Å². The quantitative estimate of drug-likeness (QED) is 0.474. The molecule has 0 atom stereocenters. The zero-order valence-corrected chi connectivity index (χ0v) is 14.2. The Labute approximate surface area is 146 Å². The fraction of sp³-hybridized carbons (Fsp3) is 0.238. The molecule has 0 amide bonds. The lowest BCUT2D eigenvalue weighted by Gasteiger charge is -2.07. The Morgan fingerprint density at radius 3 is 2.56 bits per heavy atom. The number of Topliss-reactive ketones (excluding diaryl/α,β-unsaturated/α-hetero) is 1. The van der Waals surface area contributed by atoms with E-state index in [0.29, 0.717) is 16.9 Å². The molecule has 3 aromatic rings. The number of aryl methyl sites for hydroxylation is 1. The van der Waals surface area contributed by atoms with E-state index in [1.165, 1.54) is 11.6 Å². The predicted octanol–water partition coefficient (Wildman–Crippen LogP) is 4.40. The van der Waals surface area contributed by atoms with Crippen molar-refractivity contribution in [2.24, 2.45) is 0 Å². The Kier molecular flexibility index (Phi) is 5.29. The lowest BCUT2D eigenvalue weighted by atomic mass is 10.0. The lowest BCUT2D eigenvalue weighted by molar-refractivity contribution is 0.0921. The average molecular weight is 336 g/mol.